The first-order valence-corrected chi connectivity index (χ1v) is 20.9. The normalized spacial score (nSPS) is 12.2. The van der Waals surface area contributed by atoms with E-state index in [2.05, 4.69) is 174 Å². The van der Waals surface area contributed by atoms with Crippen LogP contribution in [0, 0.1) is 0 Å². The van der Waals surface area contributed by atoms with E-state index in [-0.39, 0.29) is 0 Å². The Morgan fingerprint density at radius 2 is 1.10 bits per heavy atom. The average molecular weight is 797 g/mol. The lowest BCUT2D eigenvalue weighted by atomic mass is 9.95. The molecule has 0 aliphatic heterocycles. The lowest BCUT2D eigenvalue weighted by Crippen LogP contribution is -2.17. The molecular weight excluding hydrogens is 757 g/mol. The van der Waals surface area contributed by atoms with Crippen LogP contribution >= 0.6 is 0 Å². The lowest BCUT2D eigenvalue weighted by Gasteiger charge is -2.10. The summed E-state index contributed by atoms with van der Waals surface area (Å²) in [4.78, 5) is 10.2. The summed E-state index contributed by atoms with van der Waals surface area (Å²) in [6.45, 7) is 0.455. The predicted octanol–water partition coefficient (Wildman–Crippen LogP) is 14.0. The van der Waals surface area contributed by atoms with Gasteiger partial charge in [0.1, 0.15) is 17.0 Å². The Hall–Kier alpha value is -8.28. The number of benzene rings is 9. The maximum atomic E-state index is 7.11. The van der Waals surface area contributed by atoms with Crippen LogP contribution in [0.1, 0.15) is 16.7 Å². The summed E-state index contributed by atoms with van der Waals surface area (Å²) in [5, 5.41) is 4.32. The third-order valence-corrected chi connectivity index (χ3v) is 11.7. The van der Waals surface area contributed by atoms with Crippen LogP contribution in [-0.2, 0) is 6.54 Å². The molecule has 0 spiro atoms. The van der Waals surface area contributed by atoms with Crippen molar-refractivity contribution >= 4 is 55.4 Å². The zero-order chi connectivity index (χ0) is 41.4. The highest BCUT2D eigenvalue weighted by molar-refractivity contribution is 6.22. The number of nitrogens with zero attached hydrogens (tertiary/aromatic N) is 3. The molecule has 11 aromatic rings. The van der Waals surface area contributed by atoms with Crippen molar-refractivity contribution < 1.29 is 4.42 Å². The molecule has 62 heavy (non-hydrogen) atoms. The zero-order valence-corrected chi connectivity index (χ0v) is 33.8. The number of aliphatic imine (C=N–C) groups is 2. The minimum absolute atomic E-state index is 0.362. The molecule has 0 fully saturated rings. The number of furan rings is 1. The molecule has 0 aliphatic rings. The minimum atomic E-state index is 0.362. The highest BCUT2D eigenvalue weighted by Gasteiger charge is 2.20. The maximum Gasteiger partial charge on any atom is 0.157 e. The first-order chi connectivity index (χ1) is 30.7. The molecule has 0 atom stereocenters. The van der Waals surface area contributed by atoms with Gasteiger partial charge in [0.15, 0.2) is 5.84 Å². The number of fused-ring (bicyclic) bond motifs is 6. The summed E-state index contributed by atoms with van der Waals surface area (Å²) in [5.41, 5.74) is 21.5. The van der Waals surface area contributed by atoms with Crippen LogP contribution in [0.15, 0.2) is 233 Å². The van der Waals surface area contributed by atoms with Crippen LogP contribution in [0.4, 0.5) is 0 Å². The Labute approximate surface area is 359 Å². The Bertz CT molecular complexity index is 3460. The van der Waals surface area contributed by atoms with Gasteiger partial charge in [-0.15, -0.1) is 0 Å². The fourth-order valence-corrected chi connectivity index (χ4v) is 8.71. The van der Waals surface area contributed by atoms with Crippen molar-refractivity contribution in [3.05, 3.63) is 235 Å². The third kappa shape index (κ3) is 6.72. The summed E-state index contributed by atoms with van der Waals surface area (Å²) in [6, 6.07) is 75.9. The number of hydrogen-bond acceptors (Lipinski definition) is 2. The van der Waals surface area contributed by atoms with Gasteiger partial charge in [-0.25, -0.2) is 4.99 Å². The van der Waals surface area contributed by atoms with Crippen molar-refractivity contribution in [2.75, 3.05) is 0 Å². The maximum absolute atomic E-state index is 7.11. The van der Waals surface area contributed by atoms with E-state index in [1.807, 2.05) is 48.5 Å². The van der Waals surface area contributed by atoms with Crippen molar-refractivity contribution in [1.29, 1.82) is 0 Å². The van der Waals surface area contributed by atoms with Crippen LogP contribution < -0.4 is 5.73 Å². The van der Waals surface area contributed by atoms with Crippen molar-refractivity contribution in [1.82, 2.24) is 4.57 Å². The summed E-state index contributed by atoms with van der Waals surface area (Å²) in [6.07, 6.45) is 0. The third-order valence-electron chi connectivity index (χ3n) is 11.7. The van der Waals surface area contributed by atoms with E-state index in [0.717, 1.165) is 77.7 Å². The van der Waals surface area contributed by atoms with Gasteiger partial charge in [-0.2, -0.15) is 0 Å². The molecule has 294 valence electrons. The van der Waals surface area contributed by atoms with Crippen molar-refractivity contribution in [3.8, 4) is 39.1 Å². The van der Waals surface area contributed by atoms with Gasteiger partial charge in [0.25, 0.3) is 0 Å². The fourth-order valence-electron chi connectivity index (χ4n) is 8.71. The summed E-state index contributed by atoms with van der Waals surface area (Å²) >= 11 is 0. The fraction of sp³-hybridized carbons (Fsp3) is 0.0175. The van der Waals surface area contributed by atoms with Crippen molar-refractivity contribution in [2.45, 2.75) is 6.54 Å². The summed E-state index contributed by atoms with van der Waals surface area (Å²) < 4.78 is 9.04. The molecule has 0 unspecified atom stereocenters. The molecule has 0 bridgehead atoms. The molecule has 0 saturated heterocycles. The van der Waals surface area contributed by atoms with Crippen molar-refractivity contribution in [2.24, 2.45) is 15.7 Å². The Balaban J connectivity index is 1.01. The number of para-hydroxylation sites is 2. The number of aromatic nitrogens is 1. The highest BCUT2D eigenvalue weighted by atomic mass is 16.3. The van der Waals surface area contributed by atoms with E-state index in [0.29, 0.717) is 18.2 Å². The van der Waals surface area contributed by atoms with Gasteiger partial charge >= 0.3 is 0 Å². The Kier molecular flexibility index (Phi) is 9.32. The number of hydrogen-bond donors (Lipinski definition) is 1. The molecule has 5 nitrogen and oxygen atoms in total. The molecule has 2 aromatic heterocycles. The average Bonchev–Trinajstić information content (AvgIpc) is 3.89. The minimum Gasteiger partial charge on any atom is -0.455 e. The van der Waals surface area contributed by atoms with E-state index < -0.39 is 0 Å². The molecule has 9 aromatic carbocycles. The standard InChI is InChI=1S/C57H40N4O/c58-56(47-25-15-27-53-54(47)50-36-44(39-18-7-2-8-19-39)35-48(55(50)62-53)41-20-9-3-10-21-41)60-57(59-37-38-16-5-1-6-17-38)42-30-28-40(29-31-42)43-32-33-52-49(34-43)46-24-13-14-26-51(46)61(52)45-22-11-4-12-23-45/h1-36H,37H2,(H2,58,59,60). The van der Waals surface area contributed by atoms with E-state index in [4.69, 9.17) is 20.1 Å². The van der Waals surface area contributed by atoms with Gasteiger partial charge in [-0.1, -0.05) is 170 Å². The van der Waals surface area contributed by atoms with Crippen LogP contribution in [0.25, 0.3) is 82.8 Å². The van der Waals surface area contributed by atoms with Crippen LogP contribution in [0.3, 0.4) is 0 Å². The first-order valence-electron chi connectivity index (χ1n) is 20.9. The van der Waals surface area contributed by atoms with Gasteiger partial charge < -0.3 is 14.7 Å². The van der Waals surface area contributed by atoms with Crippen LogP contribution in [-0.4, -0.2) is 16.2 Å². The molecular formula is C57H40N4O. The molecule has 11 rings (SSSR count). The van der Waals surface area contributed by atoms with Gasteiger partial charge in [0.2, 0.25) is 0 Å². The second-order valence-electron chi connectivity index (χ2n) is 15.5. The van der Waals surface area contributed by atoms with E-state index in [1.165, 1.54) is 21.8 Å². The zero-order valence-electron chi connectivity index (χ0n) is 33.8. The van der Waals surface area contributed by atoms with Gasteiger partial charge in [-0.3, -0.25) is 4.99 Å². The molecule has 5 heteroatoms. The molecule has 0 aliphatic carbocycles. The molecule has 0 amide bonds. The SMILES string of the molecule is NC(=NC(=NCc1ccccc1)c1ccc(-c2ccc3c(c2)c2ccccc2n3-c2ccccc2)cc1)c1cccc2oc3c(-c4ccccc4)cc(-c4ccccc4)cc3c12. The number of rotatable bonds is 8. The Morgan fingerprint density at radius 3 is 1.85 bits per heavy atom. The summed E-state index contributed by atoms with van der Waals surface area (Å²) in [7, 11) is 0. The molecule has 0 radical (unpaired) electrons. The molecule has 0 saturated carbocycles. The van der Waals surface area contributed by atoms with E-state index in [1.54, 1.807) is 0 Å². The quantitative estimate of drug-likeness (QED) is 0.123. The molecule has 2 heterocycles. The van der Waals surface area contributed by atoms with Crippen LogP contribution in [0.5, 0.6) is 0 Å². The van der Waals surface area contributed by atoms with E-state index >= 15 is 0 Å². The number of nitrogens with two attached hydrogens (primary N) is 1. The second kappa shape index (κ2) is 15.7. The van der Waals surface area contributed by atoms with Gasteiger partial charge in [-0.05, 0) is 81.9 Å². The second-order valence-corrected chi connectivity index (χ2v) is 15.5. The predicted molar refractivity (Wildman–Crippen MR) is 258 cm³/mol. The Morgan fingerprint density at radius 1 is 0.484 bits per heavy atom. The monoisotopic (exact) mass is 796 g/mol. The van der Waals surface area contributed by atoms with E-state index in [9.17, 15) is 0 Å². The van der Waals surface area contributed by atoms with Gasteiger partial charge in [0, 0.05) is 43.9 Å². The molecule has 2 N–H and O–H groups in total. The van der Waals surface area contributed by atoms with Crippen LogP contribution in [0.2, 0.25) is 0 Å². The van der Waals surface area contributed by atoms with Gasteiger partial charge in [0.05, 0.1) is 17.6 Å². The summed E-state index contributed by atoms with van der Waals surface area (Å²) in [5.74, 6) is 0.917. The highest BCUT2D eigenvalue weighted by Crippen LogP contribution is 2.41. The number of amidine groups is 2. The smallest absolute Gasteiger partial charge is 0.157 e. The first kappa shape index (κ1) is 36.8. The topological polar surface area (TPSA) is 68.8 Å². The van der Waals surface area contributed by atoms with Crippen molar-refractivity contribution in [3.63, 3.8) is 0 Å². The lowest BCUT2D eigenvalue weighted by molar-refractivity contribution is 0.670. The largest absolute Gasteiger partial charge is 0.455 e.